The first-order valence-corrected chi connectivity index (χ1v) is 10.5. The van der Waals surface area contributed by atoms with Crippen molar-refractivity contribution in [3.05, 3.63) is 30.0 Å². The third kappa shape index (κ3) is 6.52. The Hall–Kier alpha value is -1.97. The fraction of sp³-hybridized carbons (Fsp3) is 0.545. The first kappa shape index (κ1) is 24.3. The molecule has 1 aliphatic rings. The lowest BCUT2D eigenvalue weighted by molar-refractivity contribution is -0.127. The Balaban J connectivity index is 0.00000320. The number of fused-ring (bicyclic) bond motifs is 1. The molecule has 0 atom stereocenters. The zero-order valence-corrected chi connectivity index (χ0v) is 20.5. The monoisotopic (exact) mass is 527 g/mol. The van der Waals surface area contributed by atoms with E-state index in [1.54, 1.807) is 26.1 Å². The molecule has 0 saturated heterocycles. The molecule has 1 aliphatic carbocycles. The number of likely N-dealkylation sites (N-methyl/N-ethyl adjacent to an activating group) is 1. The van der Waals surface area contributed by atoms with Gasteiger partial charge in [0.1, 0.15) is 12.3 Å². The zero-order chi connectivity index (χ0) is 20.6. The molecule has 8 heteroatoms. The van der Waals surface area contributed by atoms with E-state index in [1.165, 1.54) is 24.8 Å². The van der Waals surface area contributed by atoms with E-state index in [1.807, 2.05) is 18.3 Å². The van der Waals surface area contributed by atoms with Crippen LogP contribution in [0.1, 0.15) is 37.7 Å². The second kappa shape index (κ2) is 12.0. The molecule has 1 heterocycles. The summed E-state index contributed by atoms with van der Waals surface area (Å²) < 4.78 is 5.52. The van der Waals surface area contributed by atoms with Gasteiger partial charge in [0.05, 0.1) is 7.11 Å². The van der Waals surface area contributed by atoms with Crippen LogP contribution in [0.2, 0.25) is 0 Å². The Morgan fingerprint density at radius 1 is 1.27 bits per heavy atom. The molecule has 0 aliphatic heterocycles. The van der Waals surface area contributed by atoms with Gasteiger partial charge < -0.3 is 25.3 Å². The van der Waals surface area contributed by atoms with Gasteiger partial charge in [-0.25, -0.2) is 4.99 Å². The van der Waals surface area contributed by atoms with Gasteiger partial charge in [0, 0.05) is 43.8 Å². The van der Waals surface area contributed by atoms with Gasteiger partial charge in [-0.1, -0.05) is 25.3 Å². The van der Waals surface area contributed by atoms with Gasteiger partial charge >= 0.3 is 0 Å². The molecular weight excluding hydrogens is 493 g/mol. The normalized spacial score (nSPS) is 14.8. The number of guanidine groups is 1. The van der Waals surface area contributed by atoms with Gasteiger partial charge in [-0.15, -0.1) is 24.0 Å². The minimum Gasteiger partial charge on any atom is -0.496 e. The SMILES string of the molecule is COc1cccc2[nH]cc(CCNC(=NCC(=O)N(C)C)NC3CCCCC3)c12.I. The highest BCUT2D eigenvalue weighted by Gasteiger charge is 2.15. The second-order valence-corrected chi connectivity index (χ2v) is 7.81. The highest BCUT2D eigenvalue weighted by atomic mass is 127. The number of aromatic amines is 1. The van der Waals surface area contributed by atoms with Crippen LogP contribution in [0.3, 0.4) is 0 Å². The van der Waals surface area contributed by atoms with Crippen molar-refractivity contribution < 1.29 is 9.53 Å². The first-order chi connectivity index (χ1) is 14.1. The van der Waals surface area contributed by atoms with Crippen molar-refractivity contribution in [3.63, 3.8) is 0 Å². The minimum absolute atomic E-state index is 0. The molecule has 1 amide bonds. The van der Waals surface area contributed by atoms with Crippen LogP contribution in [-0.2, 0) is 11.2 Å². The number of rotatable bonds is 7. The lowest BCUT2D eigenvalue weighted by Gasteiger charge is -2.25. The van der Waals surface area contributed by atoms with Crippen molar-refractivity contribution in [2.45, 2.75) is 44.6 Å². The number of hydrogen-bond donors (Lipinski definition) is 3. The molecule has 3 rings (SSSR count). The van der Waals surface area contributed by atoms with Gasteiger partial charge in [-0.2, -0.15) is 0 Å². The predicted molar refractivity (Wildman–Crippen MR) is 133 cm³/mol. The fourth-order valence-corrected chi connectivity index (χ4v) is 3.78. The van der Waals surface area contributed by atoms with E-state index in [0.29, 0.717) is 6.04 Å². The zero-order valence-electron chi connectivity index (χ0n) is 18.2. The van der Waals surface area contributed by atoms with Crippen LogP contribution in [-0.4, -0.2) is 62.1 Å². The average Bonchev–Trinajstić information content (AvgIpc) is 3.15. The van der Waals surface area contributed by atoms with Gasteiger partial charge in [-0.3, -0.25) is 4.79 Å². The lowest BCUT2D eigenvalue weighted by Crippen LogP contribution is -2.45. The molecule has 0 radical (unpaired) electrons. The smallest absolute Gasteiger partial charge is 0.243 e. The number of amides is 1. The molecule has 166 valence electrons. The number of methoxy groups -OCH3 is 1. The van der Waals surface area contributed by atoms with E-state index in [-0.39, 0.29) is 36.4 Å². The molecule has 1 saturated carbocycles. The van der Waals surface area contributed by atoms with Crippen molar-refractivity contribution >= 4 is 46.7 Å². The maximum absolute atomic E-state index is 12.0. The summed E-state index contributed by atoms with van der Waals surface area (Å²) in [6, 6.07) is 6.45. The largest absolute Gasteiger partial charge is 0.496 e. The van der Waals surface area contributed by atoms with Crippen LogP contribution in [0, 0.1) is 0 Å². The molecule has 1 aromatic heterocycles. The summed E-state index contributed by atoms with van der Waals surface area (Å²) in [5.74, 6) is 1.60. The third-order valence-electron chi connectivity index (χ3n) is 5.47. The van der Waals surface area contributed by atoms with Crippen LogP contribution in [0.4, 0.5) is 0 Å². The number of aromatic nitrogens is 1. The van der Waals surface area contributed by atoms with E-state index in [9.17, 15) is 4.79 Å². The van der Waals surface area contributed by atoms with Crippen LogP contribution in [0.25, 0.3) is 10.9 Å². The van der Waals surface area contributed by atoms with Crippen molar-refractivity contribution in [3.8, 4) is 5.75 Å². The highest BCUT2D eigenvalue weighted by Crippen LogP contribution is 2.28. The quantitative estimate of drug-likeness (QED) is 0.293. The van der Waals surface area contributed by atoms with E-state index in [0.717, 1.165) is 48.4 Å². The van der Waals surface area contributed by atoms with E-state index in [2.05, 4.69) is 26.7 Å². The third-order valence-corrected chi connectivity index (χ3v) is 5.47. The molecular formula is C22H34IN5O2. The maximum Gasteiger partial charge on any atom is 0.243 e. The Bertz CT molecular complexity index is 843. The molecule has 0 unspecified atom stereocenters. The lowest BCUT2D eigenvalue weighted by atomic mass is 9.96. The van der Waals surface area contributed by atoms with E-state index in [4.69, 9.17) is 4.74 Å². The van der Waals surface area contributed by atoms with Gasteiger partial charge in [-0.05, 0) is 37.0 Å². The summed E-state index contributed by atoms with van der Waals surface area (Å²) in [4.78, 5) is 21.4. The number of ether oxygens (including phenoxy) is 1. The average molecular weight is 527 g/mol. The van der Waals surface area contributed by atoms with Gasteiger partial charge in [0.2, 0.25) is 5.91 Å². The summed E-state index contributed by atoms with van der Waals surface area (Å²) in [6.45, 7) is 0.871. The second-order valence-electron chi connectivity index (χ2n) is 7.81. The summed E-state index contributed by atoms with van der Waals surface area (Å²) in [6.07, 6.45) is 8.97. The Kier molecular flexibility index (Phi) is 9.74. The molecule has 0 bridgehead atoms. The molecule has 7 nitrogen and oxygen atoms in total. The van der Waals surface area contributed by atoms with E-state index < -0.39 is 0 Å². The maximum atomic E-state index is 12.0. The predicted octanol–water partition coefficient (Wildman–Crippen LogP) is 3.29. The Labute approximate surface area is 196 Å². The summed E-state index contributed by atoms with van der Waals surface area (Å²) in [5, 5.41) is 8.06. The number of hydrogen-bond acceptors (Lipinski definition) is 3. The highest BCUT2D eigenvalue weighted by molar-refractivity contribution is 14.0. The first-order valence-electron chi connectivity index (χ1n) is 10.5. The van der Waals surface area contributed by atoms with Crippen molar-refractivity contribution in [2.24, 2.45) is 4.99 Å². The summed E-state index contributed by atoms with van der Waals surface area (Å²) in [7, 11) is 5.21. The summed E-state index contributed by atoms with van der Waals surface area (Å²) >= 11 is 0. The number of halogens is 1. The Morgan fingerprint density at radius 3 is 2.73 bits per heavy atom. The molecule has 30 heavy (non-hydrogen) atoms. The van der Waals surface area contributed by atoms with Gasteiger partial charge in [0.25, 0.3) is 0 Å². The molecule has 1 aromatic carbocycles. The number of carbonyl (C=O) groups excluding carboxylic acids is 1. The number of nitrogens with one attached hydrogen (secondary N) is 3. The standard InChI is InChI=1S/C22H33N5O2.HI/c1-27(2)20(28)15-25-22(26-17-8-5-4-6-9-17)23-13-12-16-14-24-18-10-7-11-19(29-3)21(16)18;/h7,10-11,14,17,24H,4-6,8-9,12-13,15H2,1-3H3,(H2,23,25,26);1H. The molecule has 3 N–H and O–H groups in total. The number of nitrogens with zero attached hydrogens (tertiary/aromatic N) is 2. The van der Waals surface area contributed by atoms with E-state index >= 15 is 0 Å². The fourth-order valence-electron chi connectivity index (χ4n) is 3.78. The minimum atomic E-state index is -0.00360. The molecule has 0 spiro atoms. The molecule has 1 fully saturated rings. The van der Waals surface area contributed by atoms with Crippen molar-refractivity contribution in [1.82, 2.24) is 20.5 Å². The van der Waals surface area contributed by atoms with Crippen LogP contribution < -0.4 is 15.4 Å². The topological polar surface area (TPSA) is 81.7 Å². The number of aliphatic imine (C=N–C) groups is 1. The van der Waals surface area contributed by atoms with Gasteiger partial charge in [0.15, 0.2) is 5.96 Å². The number of carbonyl (C=O) groups is 1. The van der Waals surface area contributed by atoms with Crippen molar-refractivity contribution in [1.29, 1.82) is 0 Å². The van der Waals surface area contributed by atoms with Crippen LogP contribution in [0.15, 0.2) is 29.4 Å². The van der Waals surface area contributed by atoms with Crippen molar-refractivity contribution in [2.75, 3.05) is 34.3 Å². The number of H-pyrrole nitrogens is 1. The van der Waals surface area contributed by atoms with Crippen LogP contribution >= 0.6 is 24.0 Å². The Morgan fingerprint density at radius 2 is 2.03 bits per heavy atom. The van der Waals surface area contributed by atoms with Crippen LogP contribution in [0.5, 0.6) is 5.75 Å². The summed E-state index contributed by atoms with van der Waals surface area (Å²) in [5.41, 5.74) is 2.27. The molecule has 2 aromatic rings. The number of benzene rings is 1.